The molecule has 20 heavy (non-hydrogen) atoms. The highest BCUT2D eigenvalue weighted by atomic mass is 35.5. The predicted molar refractivity (Wildman–Crippen MR) is 83.0 cm³/mol. The lowest BCUT2D eigenvalue weighted by Gasteiger charge is -2.20. The standard InChI is InChI=1S/C15H20N2O2.ClH/c1-9(2)14(17-13(18)8-16)15-10(3)11-6-4-5-7-12(11)19-15;/h4-7,9,14H,8,16H2,1-3H3,(H,17,18);1H. The Morgan fingerprint density at radius 3 is 2.55 bits per heavy atom. The minimum atomic E-state index is -0.168. The summed E-state index contributed by atoms with van der Waals surface area (Å²) in [6.45, 7) is 6.11. The number of hydrogen-bond donors (Lipinski definition) is 2. The van der Waals surface area contributed by atoms with Crippen LogP contribution >= 0.6 is 12.4 Å². The average molecular weight is 297 g/mol. The molecular weight excluding hydrogens is 276 g/mol. The molecule has 0 aliphatic carbocycles. The third kappa shape index (κ3) is 3.14. The number of carbonyl (C=O) groups excluding carboxylic acids is 1. The maximum absolute atomic E-state index is 11.5. The largest absolute Gasteiger partial charge is 0.459 e. The van der Waals surface area contributed by atoms with Gasteiger partial charge in [-0.15, -0.1) is 12.4 Å². The number of nitrogens with one attached hydrogen (secondary N) is 1. The molecule has 1 unspecified atom stereocenters. The number of benzene rings is 1. The molecule has 0 spiro atoms. The number of fused-ring (bicyclic) bond motifs is 1. The van der Waals surface area contributed by atoms with Gasteiger partial charge in [-0.05, 0) is 18.9 Å². The summed E-state index contributed by atoms with van der Waals surface area (Å²) in [5.41, 5.74) is 7.29. The molecule has 1 heterocycles. The first-order valence-corrected chi connectivity index (χ1v) is 6.52. The van der Waals surface area contributed by atoms with Crippen molar-refractivity contribution in [3.63, 3.8) is 0 Å². The number of halogens is 1. The van der Waals surface area contributed by atoms with Gasteiger partial charge in [-0.2, -0.15) is 0 Å². The molecule has 0 aliphatic rings. The van der Waals surface area contributed by atoms with Crippen LogP contribution in [-0.2, 0) is 4.79 Å². The lowest BCUT2D eigenvalue weighted by molar-refractivity contribution is -0.120. The van der Waals surface area contributed by atoms with Crippen LogP contribution in [0.25, 0.3) is 11.0 Å². The fraction of sp³-hybridized carbons (Fsp3) is 0.400. The molecular formula is C15H21ClN2O2. The monoisotopic (exact) mass is 296 g/mol. The van der Waals surface area contributed by atoms with Gasteiger partial charge < -0.3 is 15.5 Å². The maximum atomic E-state index is 11.5. The summed E-state index contributed by atoms with van der Waals surface area (Å²) in [4.78, 5) is 11.5. The lowest BCUT2D eigenvalue weighted by atomic mass is 9.98. The van der Waals surface area contributed by atoms with E-state index >= 15 is 0 Å². The fourth-order valence-corrected chi connectivity index (χ4v) is 2.26. The Morgan fingerprint density at radius 1 is 1.35 bits per heavy atom. The van der Waals surface area contributed by atoms with E-state index in [4.69, 9.17) is 10.2 Å². The van der Waals surface area contributed by atoms with Gasteiger partial charge in [0.05, 0.1) is 12.6 Å². The van der Waals surface area contributed by atoms with Crippen LogP contribution in [0.15, 0.2) is 28.7 Å². The molecule has 0 aliphatic heterocycles. The smallest absolute Gasteiger partial charge is 0.234 e. The molecule has 1 amide bonds. The van der Waals surface area contributed by atoms with Crippen LogP contribution < -0.4 is 11.1 Å². The van der Waals surface area contributed by atoms with Crippen LogP contribution in [0.4, 0.5) is 0 Å². The van der Waals surface area contributed by atoms with E-state index in [2.05, 4.69) is 5.32 Å². The quantitative estimate of drug-likeness (QED) is 0.911. The van der Waals surface area contributed by atoms with Crippen molar-refractivity contribution in [3.05, 3.63) is 35.6 Å². The van der Waals surface area contributed by atoms with Crippen molar-refractivity contribution >= 4 is 29.3 Å². The van der Waals surface area contributed by atoms with Crippen LogP contribution in [0.1, 0.15) is 31.2 Å². The van der Waals surface area contributed by atoms with E-state index in [1.807, 2.05) is 45.0 Å². The Morgan fingerprint density at radius 2 is 2.00 bits per heavy atom. The summed E-state index contributed by atoms with van der Waals surface area (Å²) in [5.74, 6) is 0.881. The number of carbonyl (C=O) groups is 1. The lowest BCUT2D eigenvalue weighted by Crippen LogP contribution is -2.36. The first-order valence-electron chi connectivity index (χ1n) is 6.52. The zero-order valence-corrected chi connectivity index (χ0v) is 12.8. The molecule has 0 saturated carbocycles. The molecule has 2 rings (SSSR count). The molecule has 0 radical (unpaired) electrons. The minimum absolute atomic E-state index is 0. The van der Waals surface area contributed by atoms with E-state index in [1.54, 1.807) is 0 Å². The number of rotatable bonds is 4. The molecule has 0 fully saturated rings. The van der Waals surface area contributed by atoms with Crippen LogP contribution in [0.5, 0.6) is 0 Å². The van der Waals surface area contributed by atoms with Crippen molar-refractivity contribution in [2.45, 2.75) is 26.8 Å². The summed E-state index contributed by atoms with van der Waals surface area (Å²) < 4.78 is 5.91. The van der Waals surface area contributed by atoms with E-state index in [0.29, 0.717) is 0 Å². The highest BCUT2D eigenvalue weighted by Crippen LogP contribution is 2.32. The molecule has 0 bridgehead atoms. The van der Waals surface area contributed by atoms with E-state index in [-0.39, 0.29) is 36.8 Å². The molecule has 1 atom stereocenters. The Labute approximate surface area is 125 Å². The van der Waals surface area contributed by atoms with Gasteiger partial charge >= 0.3 is 0 Å². The van der Waals surface area contributed by atoms with Crippen LogP contribution in [0.3, 0.4) is 0 Å². The predicted octanol–water partition coefficient (Wildman–Crippen LogP) is 2.94. The van der Waals surface area contributed by atoms with Gasteiger partial charge in [0, 0.05) is 10.9 Å². The third-order valence-electron chi connectivity index (χ3n) is 3.33. The van der Waals surface area contributed by atoms with E-state index < -0.39 is 0 Å². The topological polar surface area (TPSA) is 68.3 Å². The Hall–Kier alpha value is -1.52. The first kappa shape index (κ1) is 16.5. The normalized spacial score (nSPS) is 12.2. The second-order valence-electron chi connectivity index (χ2n) is 5.08. The van der Waals surface area contributed by atoms with Gasteiger partial charge in [-0.1, -0.05) is 32.0 Å². The van der Waals surface area contributed by atoms with Gasteiger partial charge in [0.25, 0.3) is 0 Å². The summed E-state index contributed by atoms with van der Waals surface area (Å²) >= 11 is 0. The summed E-state index contributed by atoms with van der Waals surface area (Å²) in [7, 11) is 0. The maximum Gasteiger partial charge on any atom is 0.234 e. The molecule has 0 saturated heterocycles. The zero-order chi connectivity index (χ0) is 14.0. The van der Waals surface area contributed by atoms with Crippen molar-refractivity contribution < 1.29 is 9.21 Å². The van der Waals surface area contributed by atoms with Crippen LogP contribution in [0.2, 0.25) is 0 Å². The molecule has 1 aromatic carbocycles. The van der Waals surface area contributed by atoms with Gasteiger partial charge in [-0.25, -0.2) is 0 Å². The SMILES string of the molecule is Cc1c(C(NC(=O)CN)C(C)C)oc2ccccc12.Cl. The van der Waals surface area contributed by atoms with Crippen LogP contribution in [-0.4, -0.2) is 12.5 Å². The molecule has 5 heteroatoms. The van der Waals surface area contributed by atoms with Gasteiger partial charge in [0.2, 0.25) is 5.91 Å². The van der Waals surface area contributed by atoms with E-state index in [0.717, 1.165) is 22.3 Å². The van der Waals surface area contributed by atoms with Crippen molar-refractivity contribution in [2.24, 2.45) is 11.7 Å². The summed E-state index contributed by atoms with van der Waals surface area (Å²) in [6.07, 6.45) is 0. The number of amides is 1. The molecule has 3 N–H and O–H groups in total. The number of aryl methyl sites for hydroxylation is 1. The van der Waals surface area contributed by atoms with Gasteiger partial charge in [-0.3, -0.25) is 4.79 Å². The molecule has 110 valence electrons. The second kappa shape index (κ2) is 6.77. The molecule has 1 aromatic heterocycles. The van der Waals surface area contributed by atoms with E-state index in [1.165, 1.54) is 0 Å². The number of para-hydroxylation sites is 1. The Kier molecular flexibility index (Phi) is 5.60. The molecule has 2 aromatic rings. The first-order chi connectivity index (χ1) is 9.04. The molecule has 4 nitrogen and oxygen atoms in total. The summed E-state index contributed by atoms with van der Waals surface area (Å²) in [5, 5.41) is 4.01. The highest BCUT2D eigenvalue weighted by Gasteiger charge is 2.24. The number of hydrogen-bond acceptors (Lipinski definition) is 3. The minimum Gasteiger partial charge on any atom is -0.459 e. The van der Waals surface area contributed by atoms with Crippen molar-refractivity contribution in [2.75, 3.05) is 6.54 Å². The zero-order valence-electron chi connectivity index (χ0n) is 12.0. The van der Waals surface area contributed by atoms with E-state index in [9.17, 15) is 4.79 Å². The second-order valence-corrected chi connectivity index (χ2v) is 5.08. The van der Waals surface area contributed by atoms with Crippen molar-refractivity contribution in [1.82, 2.24) is 5.32 Å². The Balaban J connectivity index is 0.00000200. The van der Waals surface area contributed by atoms with Crippen molar-refractivity contribution in [3.8, 4) is 0 Å². The third-order valence-corrected chi connectivity index (χ3v) is 3.33. The average Bonchev–Trinajstić information content (AvgIpc) is 2.73. The Bertz CT molecular complexity index is 593. The van der Waals surface area contributed by atoms with Gasteiger partial charge in [0.1, 0.15) is 11.3 Å². The van der Waals surface area contributed by atoms with Crippen LogP contribution in [0, 0.1) is 12.8 Å². The number of furan rings is 1. The summed E-state index contributed by atoms with van der Waals surface area (Å²) in [6, 6.07) is 7.74. The van der Waals surface area contributed by atoms with Gasteiger partial charge in [0.15, 0.2) is 0 Å². The highest BCUT2D eigenvalue weighted by molar-refractivity contribution is 5.85. The van der Waals surface area contributed by atoms with Crippen molar-refractivity contribution in [1.29, 1.82) is 0 Å². The fourth-order valence-electron chi connectivity index (χ4n) is 2.26. The number of nitrogens with two attached hydrogens (primary N) is 1.